The molecule has 2 aromatic rings. The molecule has 3 rings (SSSR count). The molecule has 0 radical (unpaired) electrons. The van der Waals surface area contributed by atoms with Gasteiger partial charge in [-0.2, -0.15) is 25.3 Å². The Morgan fingerprint density at radius 2 is 1.28 bits per heavy atom. The predicted octanol–water partition coefficient (Wildman–Crippen LogP) is 5.17. The first-order chi connectivity index (χ1) is 33.5. The Labute approximate surface area is 420 Å². The topological polar surface area (TPSA) is 275 Å². The molecule has 0 saturated carbocycles. The van der Waals surface area contributed by atoms with Gasteiger partial charge >= 0.3 is 0 Å². The molecule has 71 heavy (non-hydrogen) atoms. The van der Waals surface area contributed by atoms with Crippen LogP contribution in [0.15, 0.2) is 71.3 Å². The van der Waals surface area contributed by atoms with E-state index in [-0.39, 0.29) is 81.6 Å². The van der Waals surface area contributed by atoms with E-state index >= 15 is 0 Å². The number of aliphatic hydroxyl groups excluding tert-OH is 1. The van der Waals surface area contributed by atoms with Crippen molar-refractivity contribution in [2.24, 2.45) is 5.41 Å². The Morgan fingerprint density at radius 1 is 0.718 bits per heavy atom. The number of phenolic OH excluding ortho intramolecular Hbond substituents is 1. The molecule has 404 valence electrons. The molecule has 0 aliphatic carbocycles. The number of rotatable bonds is 37. The second-order valence-corrected chi connectivity index (χ2v) is 22.6. The zero-order valence-electron chi connectivity index (χ0n) is 41.7. The standard InChI is InChI=1S/C48H76N2O18S3/c1-47(2,3)16-15-39(42-13-11-40(37-45(42)52)49(18-7-35-69(53,54)55)20-23-64-28-31-68-34-33-66-26-25-62-5)9-6-10-46-48(4,17-22-63-27-30-67-32-29-65-24-21-51)43-38-41(71(59,60)61)12-14-44(43)50(46)19-8-36-70(56,57)58/h6,9-15,37-38,51-52H,7-8,16-36H2,1-5H3,(H,53,54,55)(H,56,57,58)(H,59,60,61)/b9-6+,39-15-,46-10-. The predicted molar refractivity (Wildman–Crippen MR) is 271 cm³/mol. The molecule has 0 bridgehead atoms. The summed E-state index contributed by atoms with van der Waals surface area (Å²) in [5.41, 5.74) is 2.35. The zero-order valence-corrected chi connectivity index (χ0v) is 44.1. The van der Waals surface area contributed by atoms with Crippen LogP contribution in [0.2, 0.25) is 0 Å². The first kappa shape index (κ1) is 61.8. The molecule has 5 N–H and O–H groups in total. The molecule has 2 aromatic carbocycles. The molecule has 23 heteroatoms. The number of methoxy groups -OCH3 is 1. The number of anilines is 2. The minimum atomic E-state index is -4.63. The Morgan fingerprint density at radius 3 is 1.83 bits per heavy atom. The van der Waals surface area contributed by atoms with Crippen molar-refractivity contribution >= 4 is 47.3 Å². The summed E-state index contributed by atoms with van der Waals surface area (Å²) in [5.74, 6) is -1.05. The number of benzene rings is 2. The van der Waals surface area contributed by atoms with Crippen LogP contribution >= 0.6 is 0 Å². The molecular formula is C48H76N2O18S3. The third-order valence-corrected chi connectivity index (χ3v) is 13.6. The van der Waals surface area contributed by atoms with Crippen molar-refractivity contribution in [3.05, 3.63) is 77.5 Å². The SMILES string of the molecule is COCCOCCOCCOCCN(CCCS(=O)(=O)O)c1ccc(C(=C\CC(C)(C)C)/C=C/C=C2\N(CCCS(=O)(=O)O)c3ccc(S(=O)(=O)O)cc3C2(C)CCOCCOCCOCCO)c(O)c1. The van der Waals surface area contributed by atoms with Gasteiger partial charge in [-0.3, -0.25) is 13.7 Å². The summed E-state index contributed by atoms with van der Waals surface area (Å²) in [6, 6.07) is 9.35. The van der Waals surface area contributed by atoms with Crippen molar-refractivity contribution in [1.82, 2.24) is 0 Å². The summed E-state index contributed by atoms with van der Waals surface area (Å²) < 4.78 is 139. The van der Waals surface area contributed by atoms with Gasteiger partial charge in [0.1, 0.15) is 5.75 Å². The Hall–Kier alpha value is -3.53. The third kappa shape index (κ3) is 23.5. The van der Waals surface area contributed by atoms with E-state index in [1.165, 1.54) is 12.1 Å². The fourth-order valence-corrected chi connectivity index (χ4v) is 9.03. The van der Waals surface area contributed by atoms with Gasteiger partial charge in [0.25, 0.3) is 30.4 Å². The largest absolute Gasteiger partial charge is 0.507 e. The average Bonchev–Trinajstić information content (AvgIpc) is 3.50. The average molecular weight is 1070 g/mol. The molecular weight excluding hydrogens is 989 g/mol. The van der Waals surface area contributed by atoms with Crippen LogP contribution in [-0.2, 0) is 68.9 Å². The van der Waals surface area contributed by atoms with Crippen LogP contribution in [0.1, 0.15) is 64.5 Å². The lowest BCUT2D eigenvalue weighted by Gasteiger charge is -2.30. The van der Waals surface area contributed by atoms with E-state index in [0.717, 1.165) is 0 Å². The maximum Gasteiger partial charge on any atom is 0.294 e. The van der Waals surface area contributed by atoms with Gasteiger partial charge in [0.15, 0.2) is 0 Å². The van der Waals surface area contributed by atoms with Crippen molar-refractivity contribution < 1.29 is 82.3 Å². The number of phenols is 1. The highest BCUT2D eigenvalue weighted by atomic mass is 32.2. The van der Waals surface area contributed by atoms with Gasteiger partial charge in [0.05, 0.1) is 102 Å². The van der Waals surface area contributed by atoms with Crippen molar-refractivity contribution in [2.45, 2.75) is 63.7 Å². The second kappa shape index (κ2) is 30.6. The molecule has 1 aliphatic heterocycles. The fourth-order valence-electron chi connectivity index (χ4n) is 7.54. The summed E-state index contributed by atoms with van der Waals surface area (Å²) in [6.45, 7) is 12.8. The van der Waals surface area contributed by atoms with Crippen LogP contribution in [0.3, 0.4) is 0 Å². The molecule has 1 unspecified atom stereocenters. The first-order valence-corrected chi connectivity index (χ1v) is 28.2. The van der Waals surface area contributed by atoms with E-state index in [9.17, 15) is 44.0 Å². The lowest BCUT2D eigenvalue weighted by atomic mass is 9.78. The molecule has 0 fully saturated rings. The van der Waals surface area contributed by atoms with Gasteiger partial charge in [-0.1, -0.05) is 39.0 Å². The molecule has 1 heterocycles. The molecule has 1 atom stereocenters. The van der Waals surface area contributed by atoms with Crippen LogP contribution in [0, 0.1) is 5.41 Å². The lowest BCUT2D eigenvalue weighted by molar-refractivity contribution is 0.00455. The summed E-state index contributed by atoms with van der Waals surface area (Å²) in [6.07, 6.45) is 8.46. The molecule has 1 aliphatic rings. The Kier molecular flexibility index (Phi) is 26.6. The van der Waals surface area contributed by atoms with E-state index in [1.54, 1.807) is 37.5 Å². The molecule has 0 saturated heterocycles. The number of aromatic hydroxyl groups is 1. The van der Waals surface area contributed by atoms with Crippen molar-refractivity contribution in [3.8, 4) is 5.75 Å². The lowest BCUT2D eigenvalue weighted by Crippen LogP contribution is -2.31. The molecule has 0 aromatic heterocycles. The highest BCUT2D eigenvalue weighted by Gasteiger charge is 2.44. The van der Waals surface area contributed by atoms with Gasteiger partial charge in [-0.15, -0.1) is 0 Å². The van der Waals surface area contributed by atoms with Gasteiger partial charge < -0.3 is 53.2 Å². The highest BCUT2D eigenvalue weighted by Crippen LogP contribution is 2.51. The van der Waals surface area contributed by atoms with Crippen molar-refractivity contribution in [1.29, 1.82) is 0 Å². The summed E-state index contributed by atoms with van der Waals surface area (Å²) in [4.78, 5) is 3.38. The minimum absolute atomic E-state index is 0.0154. The normalized spacial score (nSPS) is 16.4. The molecule has 20 nitrogen and oxygen atoms in total. The van der Waals surface area contributed by atoms with E-state index < -0.39 is 47.3 Å². The number of hydrogen-bond acceptors (Lipinski definition) is 17. The van der Waals surface area contributed by atoms with Crippen molar-refractivity contribution in [3.63, 3.8) is 0 Å². The number of aliphatic hydroxyl groups is 1. The monoisotopic (exact) mass is 1060 g/mol. The maximum atomic E-state index is 12.4. The van der Waals surface area contributed by atoms with E-state index in [1.807, 2.05) is 35.0 Å². The van der Waals surface area contributed by atoms with Gasteiger partial charge in [0.2, 0.25) is 0 Å². The van der Waals surface area contributed by atoms with Crippen molar-refractivity contribution in [2.75, 3.05) is 141 Å². The third-order valence-electron chi connectivity index (χ3n) is 11.2. The van der Waals surface area contributed by atoms with Crippen LogP contribution in [-0.4, -0.2) is 180 Å². The van der Waals surface area contributed by atoms with E-state index in [2.05, 4.69) is 20.8 Å². The summed E-state index contributed by atoms with van der Waals surface area (Å²) in [7, 11) is -11.6. The summed E-state index contributed by atoms with van der Waals surface area (Å²) in [5, 5.41) is 20.6. The number of hydrogen-bond donors (Lipinski definition) is 5. The van der Waals surface area contributed by atoms with Crippen LogP contribution in [0.5, 0.6) is 5.75 Å². The number of allylic oxidation sites excluding steroid dienone is 6. The Balaban J connectivity index is 1.99. The summed E-state index contributed by atoms with van der Waals surface area (Å²) >= 11 is 0. The van der Waals surface area contributed by atoms with Gasteiger partial charge in [-0.25, -0.2) is 0 Å². The van der Waals surface area contributed by atoms with Crippen LogP contribution in [0.25, 0.3) is 5.57 Å². The molecule has 0 spiro atoms. The first-order valence-electron chi connectivity index (χ1n) is 23.5. The second-order valence-electron chi connectivity index (χ2n) is 18.1. The van der Waals surface area contributed by atoms with Gasteiger partial charge in [0, 0.05) is 67.5 Å². The quantitative estimate of drug-likeness (QED) is 0.0332. The number of ether oxygens (including phenoxy) is 7. The zero-order chi connectivity index (χ0) is 52.6. The fraction of sp³-hybridized carbons (Fsp3) is 0.625. The number of nitrogens with zero attached hydrogens (tertiary/aromatic N) is 2. The minimum Gasteiger partial charge on any atom is -0.507 e. The molecule has 0 amide bonds. The van der Waals surface area contributed by atoms with Crippen LogP contribution < -0.4 is 9.80 Å². The smallest absolute Gasteiger partial charge is 0.294 e. The Bertz CT molecular complexity index is 2350. The highest BCUT2D eigenvalue weighted by molar-refractivity contribution is 7.86. The van der Waals surface area contributed by atoms with Gasteiger partial charge in [-0.05, 0) is 85.6 Å². The van der Waals surface area contributed by atoms with Crippen LogP contribution in [0.4, 0.5) is 11.4 Å². The number of fused-ring (bicyclic) bond motifs is 1. The van der Waals surface area contributed by atoms with E-state index in [0.29, 0.717) is 106 Å². The van der Waals surface area contributed by atoms with E-state index in [4.69, 9.17) is 38.3 Å². The maximum absolute atomic E-state index is 12.4.